The molecule has 0 unspecified atom stereocenters. The Labute approximate surface area is 144 Å². The average Bonchev–Trinajstić information content (AvgIpc) is 3.31. The normalized spacial score (nSPS) is 25.5. The molecule has 2 aliphatic rings. The second-order valence-corrected chi connectivity index (χ2v) is 8.76. The van der Waals surface area contributed by atoms with Gasteiger partial charge in [-0.05, 0) is 30.2 Å². The third-order valence-electron chi connectivity index (χ3n) is 5.04. The Bertz CT molecular complexity index is 634. The third-order valence-corrected chi connectivity index (χ3v) is 6.59. The van der Waals surface area contributed by atoms with Crippen LogP contribution in [0.3, 0.4) is 0 Å². The van der Waals surface area contributed by atoms with Crippen molar-refractivity contribution >= 4 is 10.2 Å². The van der Waals surface area contributed by atoms with E-state index in [9.17, 15) is 8.42 Å². The quantitative estimate of drug-likeness (QED) is 0.720. The number of hydrogen-bond donors (Lipinski definition) is 2. The van der Waals surface area contributed by atoms with Gasteiger partial charge in [0.2, 0.25) is 0 Å². The Morgan fingerprint density at radius 2 is 1.96 bits per heavy atom. The molecule has 7 heteroatoms. The van der Waals surface area contributed by atoms with Crippen LogP contribution in [0.15, 0.2) is 30.3 Å². The van der Waals surface area contributed by atoms with E-state index in [1.54, 1.807) is 7.05 Å². The standard InChI is InChI=1S/C17H27N3O3S/c1-19(11-14-5-3-2-4-6-14)24(22,23)18-17-13-20(9-10-21)12-16(17)15-7-8-15/h2-6,15-18,21H,7-13H2,1H3/t16-,17+/m1/s1. The van der Waals surface area contributed by atoms with Crippen molar-refractivity contribution < 1.29 is 13.5 Å². The second-order valence-electron chi connectivity index (χ2n) is 6.96. The highest BCUT2D eigenvalue weighted by atomic mass is 32.2. The van der Waals surface area contributed by atoms with Crippen molar-refractivity contribution in [2.75, 3.05) is 33.3 Å². The van der Waals surface area contributed by atoms with E-state index in [0.717, 1.165) is 12.1 Å². The van der Waals surface area contributed by atoms with Crippen molar-refractivity contribution in [3.8, 4) is 0 Å². The average molecular weight is 353 g/mol. The lowest BCUT2D eigenvalue weighted by Gasteiger charge is -2.24. The zero-order valence-corrected chi connectivity index (χ0v) is 15.0. The van der Waals surface area contributed by atoms with Crippen LogP contribution >= 0.6 is 0 Å². The molecule has 1 saturated heterocycles. The second kappa shape index (κ2) is 7.49. The summed E-state index contributed by atoms with van der Waals surface area (Å²) in [5.41, 5.74) is 0.970. The SMILES string of the molecule is CN(Cc1ccccc1)S(=O)(=O)N[C@H]1CN(CCO)C[C@@H]1C1CC1. The van der Waals surface area contributed by atoms with Crippen LogP contribution in [0.2, 0.25) is 0 Å². The summed E-state index contributed by atoms with van der Waals surface area (Å²) in [5.74, 6) is 0.984. The van der Waals surface area contributed by atoms with Gasteiger partial charge >= 0.3 is 0 Å². The Morgan fingerprint density at radius 3 is 2.58 bits per heavy atom. The van der Waals surface area contributed by atoms with Crippen molar-refractivity contribution in [3.05, 3.63) is 35.9 Å². The molecule has 2 N–H and O–H groups in total. The fourth-order valence-corrected chi connectivity index (χ4v) is 4.70. The zero-order valence-electron chi connectivity index (χ0n) is 14.1. The maximum Gasteiger partial charge on any atom is 0.279 e. The van der Waals surface area contributed by atoms with E-state index in [2.05, 4.69) is 9.62 Å². The van der Waals surface area contributed by atoms with Crippen molar-refractivity contribution in [1.82, 2.24) is 13.9 Å². The number of likely N-dealkylation sites (tertiary alicyclic amines) is 1. The molecule has 1 heterocycles. The van der Waals surface area contributed by atoms with E-state index < -0.39 is 10.2 Å². The molecule has 2 fully saturated rings. The Kier molecular flexibility index (Phi) is 5.56. The number of aliphatic hydroxyl groups excluding tert-OH is 1. The minimum Gasteiger partial charge on any atom is -0.395 e. The number of hydrogen-bond acceptors (Lipinski definition) is 4. The Balaban J connectivity index is 1.64. The van der Waals surface area contributed by atoms with E-state index in [4.69, 9.17) is 5.11 Å². The van der Waals surface area contributed by atoms with E-state index >= 15 is 0 Å². The number of rotatable bonds is 8. The molecule has 2 atom stereocenters. The van der Waals surface area contributed by atoms with Crippen molar-refractivity contribution in [3.63, 3.8) is 0 Å². The predicted octanol–water partition coefficient (Wildman–Crippen LogP) is 0.655. The maximum absolute atomic E-state index is 12.7. The first-order valence-electron chi connectivity index (χ1n) is 8.60. The number of aliphatic hydroxyl groups is 1. The third kappa shape index (κ3) is 4.34. The van der Waals surface area contributed by atoms with Crippen molar-refractivity contribution in [1.29, 1.82) is 0 Å². The molecule has 1 aromatic rings. The molecule has 24 heavy (non-hydrogen) atoms. The Morgan fingerprint density at radius 1 is 1.25 bits per heavy atom. The summed E-state index contributed by atoms with van der Waals surface area (Å²) in [6, 6.07) is 9.54. The topological polar surface area (TPSA) is 72.9 Å². The van der Waals surface area contributed by atoms with Crippen molar-refractivity contribution in [2.45, 2.75) is 25.4 Å². The minimum absolute atomic E-state index is 0.0627. The number of β-amino-alcohol motifs (C(OH)–C–C–N with tert-alkyl or cyclic N) is 1. The molecule has 0 radical (unpaired) electrons. The first-order valence-corrected chi connectivity index (χ1v) is 10.0. The summed E-state index contributed by atoms with van der Waals surface area (Å²) in [6.07, 6.45) is 2.38. The molecule has 6 nitrogen and oxygen atoms in total. The van der Waals surface area contributed by atoms with Crippen LogP contribution in [0.4, 0.5) is 0 Å². The van der Waals surface area contributed by atoms with E-state index in [1.165, 1.54) is 17.1 Å². The van der Waals surface area contributed by atoms with Crippen LogP contribution in [0.5, 0.6) is 0 Å². The van der Waals surface area contributed by atoms with Gasteiger partial charge in [0.15, 0.2) is 0 Å². The van der Waals surface area contributed by atoms with Crippen molar-refractivity contribution in [2.24, 2.45) is 11.8 Å². The largest absolute Gasteiger partial charge is 0.395 e. The fraction of sp³-hybridized carbons (Fsp3) is 0.647. The van der Waals surface area contributed by atoms with E-state index in [-0.39, 0.29) is 12.6 Å². The summed E-state index contributed by atoms with van der Waals surface area (Å²) < 4.78 is 29.7. The first kappa shape index (κ1) is 17.8. The molecule has 3 rings (SSSR count). The first-order chi connectivity index (χ1) is 11.5. The molecular formula is C17H27N3O3S. The number of nitrogens with one attached hydrogen (secondary N) is 1. The summed E-state index contributed by atoms with van der Waals surface area (Å²) >= 11 is 0. The van der Waals surface area contributed by atoms with Gasteiger partial charge in [-0.3, -0.25) is 4.90 Å². The summed E-state index contributed by atoms with van der Waals surface area (Å²) in [4.78, 5) is 2.16. The Hall–Kier alpha value is -0.990. The van der Waals surface area contributed by atoms with Crippen LogP contribution in [-0.4, -0.2) is 62.1 Å². The van der Waals surface area contributed by atoms with Gasteiger partial charge in [0.05, 0.1) is 6.61 Å². The zero-order chi connectivity index (χ0) is 17.2. The highest BCUT2D eigenvalue weighted by Gasteiger charge is 2.43. The van der Waals surface area contributed by atoms with Crippen LogP contribution in [0, 0.1) is 11.8 Å². The summed E-state index contributed by atoms with van der Waals surface area (Å²) in [6.45, 7) is 2.64. The molecule has 0 spiro atoms. The molecule has 0 amide bonds. The highest BCUT2D eigenvalue weighted by Crippen LogP contribution is 2.41. The van der Waals surface area contributed by atoms with E-state index in [0.29, 0.717) is 31.5 Å². The summed E-state index contributed by atoms with van der Waals surface area (Å²) in [5, 5.41) is 9.15. The van der Waals surface area contributed by atoms with Crippen LogP contribution in [0.25, 0.3) is 0 Å². The number of benzene rings is 1. The van der Waals surface area contributed by atoms with Gasteiger partial charge in [-0.15, -0.1) is 0 Å². The fourth-order valence-electron chi connectivity index (χ4n) is 3.57. The maximum atomic E-state index is 12.7. The van der Waals surface area contributed by atoms with Gasteiger partial charge in [-0.25, -0.2) is 0 Å². The number of nitrogens with zero attached hydrogens (tertiary/aromatic N) is 2. The highest BCUT2D eigenvalue weighted by molar-refractivity contribution is 7.87. The van der Waals surface area contributed by atoms with Crippen LogP contribution in [0.1, 0.15) is 18.4 Å². The van der Waals surface area contributed by atoms with Crippen LogP contribution in [-0.2, 0) is 16.8 Å². The van der Waals surface area contributed by atoms with Gasteiger partial charge in [0.25, 0.3) is 10.2 Å². The molecule has 0 bridgehead atoms. The van der Waals surface area contributed by atoms with Gasteiger partial charge in [0, 0.05) is 39.3 Å². The van der Waals surface area contributed by atoms with Gasteiger partial charge in [0.1, 0.15) is 0 Å². The lowest BCUT2D eigenvalue weighted by Crippen LogP contribution is -2.47. The molecule has 1 aliphatic carbocycles. The molecule has 0 aromatic heterocycles. The molecular weight excluding hydrogens is 326 g/mol. The van der Waals surface area contributed by atoms with Crippen LogP contribution < -0.4 is 4.72 Å². The molecule has 1 aliphatic heterocycles. The molecule has 1 aromatic carbocycles. The van der Waals surface area contributed by atoms with Gasteiger partial charge in [-0.2, -0.15) is 17.4 Å². The van der Waals surface area contributed by atoms with Gasteiger partial charge < -0.3 is 5.11 Å². The van der Waals surface area contributed by atoms with Gasteiger partial charge in [-0.1, -0.05) is 30.3 Å². The molecule has 134 valence electrons. The predicted molar refractivity (Wildman–Crippen MR) is 93.5 cm³/mol. The lowest BCUT2D eigenvalue weighted by molar-refractivity contribution is 0.215. The van der Waals surface area contributed by atoms with E-state index in [1.807, 2.05) is 30.3 Å². The minimum atomic E-state index is -3.52. The summed E-state index contributed by atoms with van der Waals surface area (Å²) in [7, 11) is -1.91. The molecule has 1 saturated carbocycles. The monoisotopic (exact) mass is 353 g/mol. The smallest absolute Gasteiger partial charge is 0.279 e. The lowest BCUT2D eigenvalue weighted by atomic mass is 9.99.